The Labute approximate surface area is 123 Å². The Morgan fingerprint density at radius 3 is 2.67 bits per heavy atom. The Morgan fingerprint density at radius 2 is 2.05 bits per heavy atom. The van der Waals surface area contributed by atoms with Crippen LogP contribution in [-0.4, -0.2) is 5.91 Å². The van der Waals surface area contributed by atoms with Crippen molar-refractivity contribution in [1.29, 1.82) is 0 Å². The van der Waals surface area contributed by atoms with Gasteiger partial charge in [0.25, 0.3) is 0 Å². The second-order valence-electron chi connectivity index (χ2n) is 4.32. The highest BCUT2D eigenvalue weighted by Crippen LogP contribution is 2.36. The van der Waals surface area contributed by atoms with Crippen LogP contribution in [0.3, 0.4) is 0 Å². The zero-order valence-corrected chi connectivity index (χ0v) is 11.5. The lowest BCUT2D eigenvalue weighted by molar-refractivity contribution is -0.137. The SMILES string of the molecule is O=C(CCc1ccco1)Nc1ccc(Cl)c(C(F)(F)F)c1. The monoisotopic (exact) mass is 317 g/mol. The number of amides is 1. The summed E-state index contributed by atoms with van der Waals surface area (Å²) in [6.07, 6.45) is -2.59. The molecule has 0 spiro atoms. The Hall–Kier alpha value is -1.95. The van der Waals surface area contributed by atoms with E-state index < -0.39 is 22.7 Å². The van der Waals surface area contributed by atoms with Gasteiger partial charge < -0.3 is 9.73 Å². The molecule has 0 saturated heterocycles. The van der Waals surface area contributed by atoms with E-state index in [0.29, 0.717) is 12.2 Å². The third kappa shape index (κ3) is 4.26. The maximum atomic E-state index is 12.7. The van der Waals surface area contributed by atoms with Gasteiger partial charge in [0.1, 0.15) is 5.76 Å². The maximum absolute atomic E-state index is 12.7. The molecule has 0 atom stereocenters. The van der Waals surface area contributed by atoms with Crippen molar-refractivity contribution in [3.8, 4) is 0 Å². The molecule has 1 aromatic carbocycles. The number of carbonyl (C=O) groups excluding carboxylic acids is 1. The van der Waals surface area contributed by atoms with Crippen LogP contribution in [0.25, 0.3) is 0 Å². The van der Waals surface area contributed by atoms with E-state index >= 15 is 0 Å². The number of hydrogen-bond acceptors (Lipinski definition) is 2. The fourth-order valence-corrected chi connectivity index (χ4v) is 1.96. The van der Waals surface area contributed by atoms with Gasteiger partial charge in [0.2, 0.25) is 5.91 Å². The van der Waals surface area contributed by atoms with Crippen LogP contribution in [0.1, 0.15) is 17.7 Å². The molecular weight excluding hydrogens is 307 g/mol. The first-order valence-corrected chi connectivity index (χ1v) is 6.43. The molecule has 112 valence electrons. The van der Waals surface area contributed by atoms with E-state index in [9.17, 15) is 18.0 Å². The van der Waals surface area contributed by atoms with E-state index in [1.54, 1.807) is 12.1 Å². The molecule has 0 bridgehead atoms. The number of aryl methyl sites for hydroxylation is 1. The normalized spacial score (nSPS) is 11.4. The zero-order chi connectivity index (χ0) is 15.5. The van der Waals surface area contributed by atoms with E-state index in [0.717, 1.165) is 12.1 Å². The van der Waals surface area contributed by atoms with Gasteiger partial charge in [-0.3, -0.25) is 4.79 Å². The summed E-state index contributed by atoms with van der Waals surface area (Å²) in [6.45, 7) is 0. The number of furan rings is 1. The highest BCUT2D eigenvalue weighted by molar-refractivity contribution is 6.31. The first kappa shape index (κ1) is 15.4. The molecule has 1 N–H and O–H groups in total. The second kappa shape index (κ2) is 6.22. The average Bonchev–Trinajstić information content (AvgIpc) is 2.90. The molecule has 0 saturated carbocycles. The molecule has 7 heteroatoms. The average molecular weight is 318 g/mol. The number of hydrogen-bond donors (Lipinski definition) is 1. The van der Waals surface area contributed by atoms with Gasteiger partial charge in [-0.1, -0.05) is 11.6 Å². The quantitative estimate of drug-likeness (QED) is 0.900. The lowest BCUT2D eigenvalue weighted by Crippen LogP contribution is -2.13. The molecule has 0 aliphatic heterocycles. The van der Waals surface area contributed by atoms with Crippen LogP contribution in [0.5, 0.6) is 0 Å². The van der Waals surface area contributed by atoms with Crippen molar-refractivity contribution in [2.24, 2.45) is 0 Å². The lowest BCUT2D eigenvalue weighted by atomic mass is 10.2. The van der Waals surface area contributed by atoms with Crippen molar-refractivity contribution >= 4 is 23.2 Å². The van der Waals surface area contributed by atoms with Crippen molar-refractivity contribution in [1.82, 2.24) is 0 Å². The lowest BCUT2D eigenvalue weighted by Gasteiger charge is -2.11. The van der Waals surface area contributed by atoms with E-state index in [4.69, 9.17) is 16.0 Å². The van der Waals surface area contributed by atoms with Crippen molar-refractivity contribution in [2.45, 2.75) is 19.0 Å². The maximum Gasteiger partial charge on any atom is 0.417 e. The standard InChI is InChI=1S/C14H11ClF3NO2/c15-12-5-3-9(8-11(12)14(16,17)18)19-13(20)6-4-10-2-1-7-21-10/h1-3,5,7-8H,4,6H2,(H,19,20). The third-order valence-corrected chi connectivity index (χ3v) is 3.06. The van der Waals surface area contributed by atoms with Crippen LogP contribution in [-0.2, 0) is 17.4 Å². The second-order valence-corrected chi connectivity index (χ2v) is 4.73. The number of alkyl halides is 3. The Balaban J connectivity index is 2.01. The fraction of sp³-hybridized carbons (Fsp3) is 0.214. The van der Waals surface area contributed by atoms with E-state index in [2.05, 4.69) is 5.32 Å². The van der Waals surface area contributed by atoms with Gasteiger partial charge in [0, 0.05) is 18.5 Å². The summed E-state index contributed by atoms with van der Waals surface area (Å²) in [5, 5.41) is 2.00. The summed E-state index contributed by atoms with van der Waals surface area (Å²) < 4.78 is 43.1. The number of anilines is 1. The van der Waals surface area contributed by atoms with Gasteiger partial charge in [0.15, 0.2) is 0 Å². The molecule has 0 unspecified atom stereocenters. The van der Waals surface area contributed by atoms with E-state index in [1.165, 1.54) is 12.3 Å². The number of benzene rings is 1. The molecule has 0 aliphatic carbocycles. The smallest absolute Gasteiger partial charge is 0.417 e. The summed E-state index contributed by atoms with van der Waals surface area (Å²) in [5.74, 6) is 0.235. The van der Waals surface area contributed by atoms with Gasteiger partial charge in [-0.15, -0.1) is 0 Å². The van der Waals surface area contributed by atoms with E-state index in [1.807, 2.05) is 0 Å². The minimum absolute atomic E-state index is 0.0520. The fourth-order valence-electron chi connectivity index (χ4n) is 1.74. The van der Waals surface area contributed by atoms with Gasteiger partial charge >= 0.3 is 6.18 Å². The summed E-state index contributed by atoms with van der Waals surface area (Å²) in [4.78, 5) is 11.7. The molecule has 0 fully saturated rings. The van der Waals surface area contributed by atoms with Crippen LogP contribution < -0.4 is 5.32 Å². The molecule has 1 aromatic heterocycles. The zero-order valence-electron chi connectivity index (χ0n) is 10.7. The number of nitrogens with one attached hydrogen (secondary N) is 1. The first-order valence-electron chi connectivity index (χ1n) is 6.05. The molecular formula is C14H11ClF3NO2. The van der Waals surface area contributed by atoms with Gasteiger partial charge in [0.05, 0.1) is 16.8 Å². The Kier molecular flexibility index (Phi) is 4.57. The highest BCUT2D eigenvalue weighted by atomic mass is 35.5. The topological polar surface area (TPSA) is 42.2 Å². The van der Waals surface area contributed by atoms with Crippen LogP contribution in [0.2, 0.25) is 5.02 Å². The predicted octanol–water partition coefficient (Wildman–Crippen LogP) is 4.52. The summed E-state index contributed by atoms with van der Waals surface area (Å²) in [7, 11) is 0. The van der Waals surface area contributed by atoms with Crippen molar-refractivity contribution in [2.75, 3.05) is 5.32 Å². The Morgan fingerprint density at radius 1 is 1.29 bits per heavy atom. The molecule has 1 amide bonds. The number of carbonyl (C=O) groups is 1. The Bertz CT molecular complexity index is 624. The minimum atomic E-state index is -4.56. The molecule has 1 heterocycles. The minimum Gasteiger partial charge on any atom is -0.469 e. The molecule has 0 radical (unpaired) electrons. The van der Waals surface area contributed by atoms with Crippen molar-refractivity contribution in [3.05, 3.63) is 52.9 Å². The largest absolute Gasteiger partial charge is 0.469 e. The van der Waals surface area contributed by atoms with Crippen LogP contribution in [0.15, 0.2) is 41.0 Å². The third-order valence-electron chi connectivity index (χ3n) is 2.73. The molecule has 3 nitrogen and oxygen atoms in total. The summed E-state index contributed by atoms with van der Waals surface area (Å²) >= 11 is 5.50. The van der Waals surface area contributed by atoms with Gasteiger partial charge in [-0.05, 0) is 30.3 Å². The van der Waals surface area contributed by atoms with Crippen molar-refractivity contribution < 1.29 is 22.4 Å². The summed E-state index contributed by atoms with van der Waals surface area (Å²) in [6, 6.07) is 6.65. The molecule has 2 aromatic rings. The van der Waals surface area contributed by atoms with Crippen molar-refractivity contribution in [3.63, 3.8) is 0 Å². The number of halogens is 4. The number of rotatable bonds is 4. The van der Waals surface area contributed by atoms with Crippen LogP contribution in [0, 0.1) is 0 Å². The molecule has 21 heavy (non-hydrogen) atoms. The van der Waals surface area contributed by atoms with Gasteiger partial charge in [-0.25, -0.2) is 0 Å². The highest BCUT2D eigenvalue weighted by Gasteiger charge is 2.33. The van der Waals surface area contributed by atoms with E-state index in [-0.39, 0.29) is 12.1 Å². The summed E-state index contributed by atoms with van der Waals surface area (Å²) in [5.41, 5.74) is -0.927. The predicted molar refractivity (Wildman–Crippen MR) is 72.1 cm³/mol. The van der Waals surface area contributed by atoms with Crippen LogP contribution >= 0.6 is 11.6 Å². The van der Waals surface area contributed by atoms with Gasteiger partial charge in [-0.2, -0.15) is 13.2 Å². The molecule has 0 aliphatic rings. The van der Waals surface area contributed by atoms with Crippen LogP contribution in [0.4, 0.5) is 18.9 Å². The molecule has 2 rings (SSSR count). The first-order chi connectivity index (χ1) is 9.86.